The number of allylic oxidation sites excluding steroid dienone is 3. The molecule has 1 aromatic carbocycles. The third-order valence-electron chi connectivity index (χ3n) is 8.00. The summed E-state index contributed by atoms with van der Waals surface area (Å²) < 4.78 is 0. The highest BCUT2D eigenvalue weighted by Crippen LogP contribution is 2.57. The smallest absolute Gasteiger partial charge is 0.178 e. The Morgan fingerprint density at radius 2 is 2.06 bits per heavy atom. The van der Waals surface area contributed by atoms with Gasteiger partial charge in [0, 0.05) is 34.3 Å². The van der Waals surface area contributed by atoms with Gasteiger partial charge in [-0.3, -0.25) is 4.99 Å². The van der Waals surface area contributed by atoms with Gasteiger partial charge in [0.2, 0.25) is 0 Å². The van der Waals surface area contributed by atoms with Crippen molar-refractivity contribution in [3.05, 3.63) is 81.7 Å². The van der Waals surface area contributed by atoms with Crippen LogP contribution in [0.1, 0.15) is 64.4 Å². The van der Waals surface area contributed by atoms with Crippen molar-refractivity contribution in [1.82, 2.24) is 10.6 Å². The van der Waals surface area contributed by atoms with Crippen LogP contribution in [-0.4, -0.2) is 18.4 Å². The molecule has 0 saturated heterocycles. The van der Waals surface area contributed by atoms with E-state index in [1.54, 1.807) is 0 Å². The number of nitrogens with one attached hydrogen (secondary N) is 2. The number of benzene rings is 1. The van der Waals surface area contributed by atoms with Gasteiger partial charge in [-0.25, -0.2) is 0 Å². The Morgan fingerprint density at radius 3 is 2.68 bits per heavy atom. The van der Waals surface area contributed by atoms with Crippen LogP contribution in [-0.2, 0) is 0 Å². The molecule has 2 unspecified atom stereocenters. The highest BCUT2D eigenvalue weighted by atomic mass is 35.5. The zero-order valence-electron chi connectivity index (χ0n) is 20.5. The molecule has 2 aliphatic carbocycles. The molecule has 2 aliphatic heterocycles. The summed E-state index contributed by atoms with van der Waals surface area (Å²) in [6.07, 6.45) is 10.2. The van der Waals surface area contributed by atoms with Crippen LogP contribution in [0.15, 0.2) is 76.1 Å². The van der Waals surface area contributed by atoms with E-state index in [0.29, 0.717) is 5.92 Å². The van der Waals surface area contributed by atoms with Gasteiger partial charge >= 0.3 is 0 Å². The van der Waals surface area contributed by atoms with E-state index in [1.165, 1.54) is 41.7 Å². The first-order valence-electron chi connectivity index (χ1n) is 12.6. The lowest BCUT2D eigenvalue weighted by atomic mass is 9.56. The minimum atomic E-state index is 0.0715. The minimum absolute atomic E-state index is 0.0715. The van der Waals surface area contributed by atoms with Crippen molar-refractivity contribution in [3.63, 3.8) is 0 Å². The fraction of sp³-hybridized carbons (Fsp3) is 0.433. The highest BCUT2D eigenvalue weighted by molar-refractivity contribution is 6.31. The lowest BCUT2D eigenvalue weighted by Gasteiger charge is -2.49. The van der Waals surface area contributed by atoms with Gasteiger partial charge in [0.15, 0.2) is 5.84 Å². The average Bonchev–Trinajstić information content (AvgIpc) is 3.16. The summed E-state index contributed by atoms with van der Waals surface area (Å²) in [5, 5.41) is 7.71. The number of hydrogen-bond acceptors (Lipinski definition) is 3. The van der Waals surface area contributed by atoms with Crippen LogP contribution in [0.3, 0.4) is 0 Å². The van der Waals surface area contributed by atoms with Gasteiger partial charge in [0.25, 0.3) is 0 Å². The lowest BCUT2D eigenvalue weighted by Crippen LogP contribution is -2.41. The van der Waals surface area contributed by atoms with Crippen LogP contribution in [0, 0.1) is 23.2 Å². The number of nitrogens with zero attached hydrogens (tertiary/aromatic N) is 1. The van der Waals surface area contributed by atoms with Crippen molar-refractivity contribution < 1.29 is 0 Å². The van der Waals surface area contributed by atoms with Crippen molar-refractivity contribution in [2.45, 2.75) is 64.8 Å². The van der Waals surface area contributed by atoms with E-state index in [2.05, 4.69) is 68.0 Å². The van der Waals surface area contributed by atoms with Crippen LogP contribution < -0.4 is 10.6 Å². The maximum Gasteiger partial charge on any atom is 0.178 e. The molecule has 176 valence electrons. The van der Waals surface area contributed by atoms with Gasteiger partial charge in [-0.15, -0.1) is 0 Å². The van der Waals surface area contributed by atoms with E-state index in [1.807, 2.05) is 18.2 Å². The maximum atomic E-state index is 6.47. The second kappa shape index (κ2) is 9.16. The number of rotatable bonds is 6. The molecule has 5 rings (SSSR count). The summed E-state index contributed by atoms with van der Waals surface area (Å²) in [5.41, 5.74) is 8.02. The van der Waals surface area contributed by atoms with Gasteiger partial charge in [-0.05, 0) is 66.4 Å². The van der Waals surface area contributed by atoms with Crippen LogP contribution in [0.5, 0.6) is 0 Å². The van der Waals surface area contributed by atoms with E-state index in [9.17, 15) is 0 Å². The zero-order valence-corrected chi connectivity index (χ0v) is 21.2. The minimum Gasteiger partial charge on any atom is -0.384 e. The van der Waals surface area contributed by atoms with Crippen molar-refractivity contribution in [3.8, 4) is 11.8 Å². The highest BCUT2D eigenvalue weighted by Gasteiger charge is 2.46. The van der Waals surface area contributed by atoms with E-state index in [-0.39, 0.29) is 17.4 Å². The molecule has 2 heterocycles. The topological polar surface area (TPSA) is 36.4 Å². The monoisotopic (exact) mass is 471 g/mol. The lowest BCUT2D eigenvalue weighted by molar-refractivity contribution is 0.231. The Morgan fingerprint density at radius 1 is 1.26 bits per heavy atom. The number of amidine groups is 1. The number of fused-ring (bicyclic) bond motifs is 1. The molecule has 0 aromatic heterocycles. The normalized spacial score (nSPS) is 23.1. The summed E-state index contributed by atoms with van der Waals surface area (Å²) in [6, 6.07) is 8.14. The molecule has 4 heteroatoms. The van der Waals surface area contributed by atoms with E-state index in [4.69, 9.17) is 16.6 Å². The molecule has 1 aromatic rings. The summed E-state index contributed by atoms with van der Waals surface area (Å²) in [5.74, 6) is 7.98. The summed E-state index contributed by atoms with van der Waals surface area (Å²) >= 11 is 6.47. The Labute approximate surface area is 209 Å². The quantitative estimate of drug-likeness (QED) is 0.455. The molecule has 34 heavy (non-hydrogen) atoms. The Bertz CT molecular complexity index is 1200. The standard InChI is InChI=1S/C30H34ClN3/c1-5-26-24(18-32-26)20(4)30(15-8-16-30)21-11-13-27-28(17-21)34-29(33-27)14-12-22(19(2)3)23-9-6-7-10-25(23)31/h6-7,9-11,13,19,22,28,32H,4-5,8,15-18H2,1-3H3,(H,33,34). The SMILES string of the molecule is C=C(C1=C(CC)NC1)C1(C2=CC=C3NC(C#CC(c4ccccc4Cl)C(C)C)=NC3C2)CCC1. The Balaban J connectivity index is 1.35. The van der Waals surface area contributed by atoms with Gasteiger partial charge in [-0.2, -0.15) is 0 Å². The Kier molecular flexibility index (Phi) is 6.21. The second-order valence-corrected chi connectivity index (χ2v) is 10.6. The molecule has 0 bridgehead atoms. The molecular formula is C30H34ClN3. The fourth-order valence-electron chi connectivity index (χ4n) is 5.71. The van der Waals surface area contributed by atoms with E-state index < -0.39 is 0 Å². The molecule has 1 fully saturated rings. The van der Waals surface area contributed by atoms with Crippen LogP contribution in [0.2, 0.25) is 5.02 Å². The second-order valence-electron chi connectivity index (χ2n) is 10.2. The van der Waals surface area contributed by atoms with Crippen molar-refractivity contribution >= 4 is 17.4 Å². The van der Waals surface area contributed by atoms with Gasteiger partial charge in [0.1, 0.15) is 0 Å². The van der Waals surface area contributed by atoms with Crippen molar-refractivity contribution in [2.24, 2.45) is 16.3 Å². The van der Waals surface area contributed by atoms with Gasteiger partial charge < -0.3 is 10.6 Å². The third kappa shape index (κ3) is 3.93. The van der Waals surface area contributed by atoms with Crippen molar-refractivity contribution in [1.29, 1.82) is 0 Å². The summed E-state index contributed by atoms with van der Waals surface area (Å²) in [6.45, 7) is 12.2. The number of aliphatic imine (C=N–C) groups is 1. The first kappa shape index (κ1) is 23.1. The molecule has 3 nitrogen and oxygen atoms in total. The summed E-state index contributed by atoms with van der Waals surface area (Å²) in [4.78, 5) is 4.98. The molecule has 0 spiro atoms. The number of halogens is 1. The van der Waals surface area contributed by atoms with E-state index in [0.717, 1.165) is 41.5 Å². The Hall–Kier alpha value is -2.70. The van der Waals surface area contributed by atoms with Crippen molar-refractivity contribution in [2.75, 3.05) is 6.54 Å². The molecule has 1 saturated carbocycles. The molecular weight excluding hydrogens is 438 g/mol. The molecule has 2 atom stereocenters. The van der Waals surface area contributed by atoms with E-state index >= 15 is 0 Å². The van der Waals surface area contributed by atoms with Gasteiger partial charge in [0.05, 0.1) is 6.04 Å². The first-order chi connectivity index (χ1) is 16.4. The van der Waals surface area contributed by atoms with Crippen LogP contribution in [0.25, 0.3) is 0 Å². The summed E-state index contributed by atoms with van der Waals surface area (Å²) in [7, 11) is 0. The average molecular weight is 472 g/mol. The fourth-order valence-corrected chi connectivity index (χ4v) is 5.97. The third-order valence-corrected chi connectivity index (χ3v) is 8.34. The first-order valence-corrected chi connectivity index (χ1v) is 13.0. The van der Waals surface area contributed by atoms with Gasteiger partial charge in [-0.1, -0.05) is 81.1 Å². The molecule has 2 N–H and O–H groups in total. The molecule has 0 radical (unpaired) electrons. The molecule has 0 amide bonds. The molecule has 4 aliphatic rings. The number of hydrogen-bond donors (Lipinski definition) is 2. The largest absolute Gasteiger partial charge is 0.384 e. The predicted octanol–water partition coefficient (Wildman–Crippen LogP) is 6.66. The van der Waals surface area contributed by atoms with Crippen LogP contribution in [0.4, 0.5) is 0 Å². The zero-order chi connectivity index (χ0) is 23.9. The maximum absolute atomic E-state index is 6.47. The predicted molar refractivity (Wildman–Crippen MR) is 143 cm³/mol. The van der Waals surface area contributed by atoms with Crippen LogP contribution >= 0.6 is 11.6 Å².